The van der Waals surface area contributed by atoms with Gasteiger partial charge >= 0.3 is 0 Å². The number of carbonyl (C=O) groups is 2. The quantitative estimate of drug-likeness (QED) is 0.583. The van der Waals surface area contributed by atoms with Crippen LogP contribution in [0, 0.1) is 17.8 Å². The van der Waals surface area contributed by atoms with Crippen LogP contribution in [0.25, 0.3) is 0 Å². The van der Waals surface area contributed by atoms with E-state index in [2.05, 4.69) is 28.0 Å². The maximum Gasteiger partial charge on any atom is 0.146 e. The number of fused-ring (bicyclic) bond motifs is 3. The van der Waals surface area contributed by atoms with Crippen molar-refractivity contribution in [2.24, 2.45) is 24.8 Å². The summed E-state index contributed by atoms with van der Waals surface area (Å²) in [6.45, 7) is 4.15. The van der Waals surface area contributed by atoms with Crippen LogP contribution in [-0.4, -0.2) is 21.8 Å². The molecule has 0 amide bonds. The Morgan fingerprint density at radius 1 is 1.50 bits per heavy atom. The van der Waals surface area contributed by atoms with E-state index in [0.29, 0.717) is 12.3 Å². The molecule has 3 rings (SSSR count). The summed E-state index contributed by atoms with van der Waals surface area (Å²) in [5.41, 5.74) is 2.16. The first kappa shape index (κ1) is 14.0. The number of nitrogens with zero attached hydrogens (tertiary/aromatic N) is 2. The molecule has 0 aromatic carbocycles. The van der Waals surface area contributed by atoms with E-state index in [4.69, 9.17) is 0 Å². The number of aromatic nitrogens is 2. The third-order valence-electron chi connectivity index (χ3n) is 5.36. The standard InChI is InChI=1S/C15H19BrN2O2/c1-8-11-5-4-10-13(17-18(3)14(10)16)15(11,2)6-9(7-19)12(8)20/h7-9,11H,4-6H2,1-3H3/t8-,9?,11-,15-/m0/s1. The van der Waals surface area contributed by atoms with Crippen LogP contribution in [0.15, 0.2) is 4.60 Å². The van der Waals surface area contributed by atoms with Gasteiger partial charge in [-0.25, -0.2) is 0 Å². The maximum atomic E-state index is 12.3. The molecule has 4 atom stereocenters. The van der Waals surface area contributed by atoms with Crippen LogP contribution in [0.5, 0.6) is 0 Å². The Bertz CT molecular complexity index is 595. The summed E-state index contributed by atoms with van der Waals surface area (Å²) in [7, 11) is 1.93. The van der Waals surface area contributed by atoms with Crippen LogP contribution in [0.2, 0.25) is 0 Å². The highest BCUT2D eigenvalue weighted by molar-refractivity contribution is 9.10. The van der Waals surface area contributed by atoms with Crippen molar-refractivity contribution in [1.82, 2.24) is 9.78 Å². The first-order chi connectivity index (χ1) is 9.40. The molecule has 1 saturated carbocycles. The lowest BCUT2D eigenvalue weighted by atomic mass is 9.54. The summed E-state index contributed by atoms with van der Waals surface area (Å²) < 4.78 is 2.88. The van der Waals surface area contributed by atoms with E-state index in [1.54, 1.807) is 0 Å². The molecule has 4 nitrogen and oxygen atoms in total. The van der Waals surface area contributed by atoms with E-state index in [-0.39, 0.29) is 17.1 Å². The maximum absolute atomic E-state index is 12.3. The molecular weight excluding hydrogens is 320 g/mol. The molecule has 0 bridgehead atoms. The van der Waals surface area contributed by atoms with Crippen LogP contribution < -0.4 is 0 Å². The fourth-order valence-corrected chi connectivity index (χ4v) is 4.75. The number of carbonyl (C=O) groups excluding carboxylic acids is 2. The lowest BCUT2D eigenvalue weighted by Crippen LogP contribution is -2.50. The van der Waals surface area contributed by atoms with Crippen molar-refractivity contribution < 1.29 is 9.59 Å². The molecule has 2 aliphatic carbocycles. The highest BCUT2D eigenvalue weighted by Crippen LogP contribution is 2.52. The second-order valence-electron chi connectivity index (χ2n) is 6.44. The Hall–Kier alpha value is -0.970. The van der Waals surface area contributed by atoms with Crippen LogP contribution in [0.3, 0.4) is 0 Å². The molecule has 0 radical (unpaired) electrons. The Morgan fingerprint density at radius 3 is 2.85 bits per heavy atom. The van der Waals surface area contributed by atoms with Crippen LogP contribution in [0.4, 0.5) is 0 Å². The van der Waals surface area contributed by atoms with Gasteiger partial charge in [0.2, 0.25) is 0 Å². The monoisotopic (exact) mass is 338 g/mol. The third kappa shape index (κ3) is 1.68. The van der Waals surface area contributed by atoms with Crippen molar-refractivity contribution in [2.45, 2.75) is 38.5 Å². The van der Waals surface area contributed by atoms with Gasteiger partial charge < -0.3 is 4.79 Å². The molecule has 5 heteroatoms. The first-order valence-electron chi connectivity index (χ1n) is 7.11. The smallest absolute Gasteiger partial charge is 0.146 e. The Kier molecular flexibility index (Phi) is 3.16. The van der Waals surface area contributed by atoms with E-state index in [9.17, 15) is 9.59 Å². The molecule has 0 aliphatic heterocycles. The largest absolute Gasteiger partial charge is 0.303 e. The lowest BCUT2D eigenvalue weighted by molar-refractivity contribution is -0.137. The Morgan fingerprint density at radius 2 is 2.20 bits per heavy atom. The second-order valence-corrected chi connectivity index (χ2v) is 7.19. The minimum absolute atomic E-state index is 0.0575. The molecule has 1 fully saturated rings. The van der Waals surface area contributed by atoms with E-state index < -0.39 is 5.92 Å². The van der Waals surface area contributed by atoms with Crippen LogP contribution >= 0.6 is 15.9 Å². The normalized spacial score (nSPS) is 36.4. The SMILES string of the molecule is C[C@@H]1C(=O)C(C=O)C[C@]2(C)c3nn(C)c(Br)c3CC[C@@H]12. The summed E-state index contributed by atoms with van der Waals surface area (Å²) in [5, 5.41) is 4.68. The molecule has 20 heavy (non-hydrogen) atoms. The predicted octanol–water partition coefficient (Wildman–Crippen LogP) is 2.43. The number of Topliss-reactive ketones (excluding diaryl/α,β-unsaturated/α-hetero) is 1. The zero-order chi connectivity index (χ0) is 14.7. The van der Waals surface area contributed by atoms with Crippen molar-refractivity contribution in [1.29, 1.82) is 0 Å². The summed E-state index contributed by atoms with van der Waals surface area (Å²) in [6, 6.07) is 0. The fourth-order valence-electron chi connectivity index (χ4n) is 4.28. The zero-order valence-corrected chi connectivity index (χ0v) is 13.6. The summed E-state index contributed by atoms with van der Waals surface area (Å²) in [5.74, 6) is -0.128. The Labute approximate surface area is 127 Å². The first-order valence-corrected chi connectivity index (χ1v) is 7.90. The average Bonchev–Trinajstić information content (AvgIpc) is 2.72. The fraction of sp³-hybridized carbons (Fsp3) is 0.667. The summed E-state index contributed by atoms with van der Waals surface area (Å²) in [6.07, 6.45) is 3.37. The number of aryl methyl sites for hydroxylation is 1. The lowest BCUT2D eigenvalue weighted by Gasteiger charge is -2.48. The van der Waals surface area contributed by atoms with Gasteiger partial charge in [0.05, 0.1) is 11.6 Å². The molecule has 1 aromatic rings. The van der Waals surface area contributed by atoms with E-state index >= 15 is 0 Å². The van der Waals surface area contributed by atoms with Gasteiger partial charge in [0, 0.05) is 23.9 Å². The third-order valence-corrected chi connectivity index (χ3v) is 6.35. The Balaban J connectivity index is 2.13. The minimum atomic E-state index is -0.474. The highest BCUT2D eigenvalue weighted by atomic mass is 79.9. The molecule has 0 N–H and O–H groups in total. The van der Waals surface area contributed by atoms with Crippen LogP contribution in [0.1, 0.15) is 37.9 Å². The van der Waals surface area contributed by atoms with Gasteiger partial charge in [-0.3, -0.25) is 9.48 Å². The molecule has 1 heterocycles. The van der Waals surface area contributed by atoms with Gasteiger partial charge in [0.15, 0.2) is 0 Å². The average molecular weight is 339 g/mol. The van der Waals surface area contributed by atoms with Gasteiger partial charge in [-0.2, -0.15) is 5.10 Å². The number of rotatable bonds is 1. The number of halogens is 1. The van der Waals surface area contributed by atoms with E-state index in [1.165, 1.54) is 5.56 Å². The number of aldehydes is 1. The van der Waals surface area contributed by atoms with Gasteiger partial charge in [-0.1, -0.05) is 13.8 Å². The van der Waals surface area contributed by atoms with Crippen molar-refractivity contribution in [3.05, 3.63) is 15.9 Å². The highest BCUT2D eigenvalue weighted by Gasteiger charge is 2.53. The van der Waals surface area contributed by atoms with Gasteiger partial charge in [0.25, 0.3) is 0 Å². The number of hydrogen-bond donors (Lipinski definition) is 0. The summed E-state index contributed by atoms with van der Waals surface area (Å²) >= 11 is 3.60. The molecule has 2 aliphatic rings. The van der Waals surface area contributed by atoms with Crippen molar-refractivity contribution in [3.63, 3.8) is 0 Å². The number of hydrogen-bond acceptors (Lipinski definition) is 3. The van der Waals surface area contributed by atoms with E-state index in [1.807, 2.05) is 18.7 Å². The van der Waals surface area contributed by atoms with Crippen LogP contribution in [-0.2, 0) is 28.5 Å². The topological polar surface area (TPSA) is 52.0 Å². The van der Waals surface area contributed by atoms with Crippen molar-refractivity contribution in [2.75, 3.05) is 0 Å². The molecule has 108 valence electrons. The number of ketones is 1. The minimum Gasteiger partial charge on any atom is -0.303 e. The molecule has 1 unspecified atom stereocenters. The second kappa shape index (κ2) is 4.52. The molecule has 1 aromatic heterocycles. The van der Waals surface area contributed by atoms with Crippen molar-refractivity contribution in [3.8, 4) is 0 Å². The van der Waals surface area contributed by atoms with Gasteiger partial charge in [0.1, 0.15) is 16.7 Å². The molecule has 0 saturated heterocycles. The van der Waals surface area contributed by atoms with E-state index in [0.717, 1.165) is 29.4 Å². The zero-order valence-electron chi connectivity index (χ0n) is 12.0. The van der Waals surface area contributed by atoms with Gasteiger partial charge in [-0.15, -0.1) is 0 Å². The molecule has 0 spiro atoms. The summed E-state index contributed by atoms with van der Waals surface area (Å²) in [4.78, 5) is 23.5. The van der Waals surface area contributed by atoms with Gasteiger partial charge in [-0.05, 0) is 41.1 Å². The van der Waals surface area contributed by atoms with Crippen molar-refractivity contribution >= 4 is 28.0 Å². The molecular formula is C15H19BrN2O2. The predicted molar refractivity (Wildman–Crippen MR) is 78.4 cm³/mol.